The number of nitrogens with one attached hydrogen (secondary N) is 1. The number of rotatable bonds is 7. The average Bonchev–Trinajstić information content (AvgIpc) is 2.26. The fourth-order valence-corrected chi connectivity index (χ4v) is 2.09. The molecule has 0 aliphatic rings. The lowest BCUT2D eigenvalue weighted by Gasteiger charge is -2.08. The third kappa shape index (κ3) is 5.70. The first-order chi connectivity index (χ1) is 8.39. The first-order valence-electron chi connectivity index (χ1n) is 5.49. The van der Waals surface area contributed by atoms with Gasteiger partial charge in [0.1, 0.15) is 12.4 Å². The highest BCUT2D eigenvalue weighted by Gasteiger charge is 2.09. The van der Waals surface area contributed by atoms with Crippen LogP contribution in [0.5, 0.6) is 5.75 Å². The number of nitrogen functional groups attached to an aromatic ring is 1. The smallest absolute Gasteiger partial charge is 0.215 e. The molecule has 0 amide bonds. The van der Waals surface area contributed by atoms with Crippen molar-refractivity contribution in [3.8, 4) is 5.75 Å². The summed E-state index contributed by atoms with van der Waals surface area (Å²) in [6.45, 7) is 5.71. The Morgan fingerprint density at radius 2 is 2.22 bits per heavy atom. The molecule has 6 heteroatoms. The van der Waals surface area contributed by atoms with Crippen molar-refractivity contribution in [2.75, 3.05) is 24.6 Å². The Hall–Kier alpha value is -1.53. The molecule has 0 aromatic heterocycles. The highest BCUT2D eigenvalue weighted by Crippen LogP contribution is 2.14. The zero-order valence-corrected chi connectivity index (χ0v) is 11.2. The van der Waals surface area contributed by atoms with Crippen LogP contribution in [0.4, 0.5) is 5.69 Å². The van der Waals surface area contributed by atoms with E-state index in [-0.39, 0.29) is 18.9 Å². The molecule has 18 heavy (non-hydrogen) atoms. The van der Waals surface area contributed by atoms with Crippen molar-refractivity contribution >= 4 is 15.7 Å². The van der Waals surface area contributed by atoms with E-state index in [9.17, 15) is 8.42 Å². The van der Waals surface area contributed by atoms with Crippen molar-refractivity contribution in [3.63, 3.8) is 0 Å². The molecule has 0 unspecified atom stereocenters. The van der Waals surface area contributed by atoms with Gasteiger partial charge in [0.15, 0.2) is 0 Å². The molecular weight excluding hydrogens is 252 g/mol. The molecule has 5 nitrogen and oxygen atoms in total. The summed E-state index contributed by atoms with van der Waals surface area (Å²) in [5.41, 5.74) is 6.92. The Kier molecular flexibility index (Phi) is 5.18. The quantitative estimate of drug-likeness (QED) is 0.575. The molecule has 1 rings (SSSR count). The van der Waals surface area contributed by atoms with Crippen LogP contribution in [-0.4, -0.2) is 27.3 Å². The van der Waals surface area contributed by atoms with E-state index in [2.05, 4.69) is 11.3 Å². The molecule has 0 fully saturated rings. The van der Waals surface area contributed by atoms with Crippen LogP contribution >= 0.6 is 0 Å². The Labute approximate surface area is 108 Å². The van der Waals surface area contributed by atoms with Gasteiger partial charge in [0.2, 0.25) is 10.0 Å². The molecule has 0 saturated carbocycles. The van der Waals surface area contributed by atoms with E-state index in [0.29, 0.717) is 11.4 Å². The van der Waals surface area contributed by atoms with Crippen LogP contribution in [0.25, 0.3) is 0 Å². The third-order valence-corrected chi connectivity index (χ3v) is 3.36. The van der Waals surface area contributed by atoms with Gasteiger partial charge >= 0.3 is 0 Å². The van der Waals surface area contributed by atoms with Gasteiger partial charge in [-0.05, 0) is 19.1 Å². The molecule has 0 heterocycles. The van der Waals surface area contributed by atoms with Gasteiger partial charge in [0.05, 0.1) is 5.75 Å². The summed E-state index contributed by atoms with van der Waals surface area (Å²) in [7, 11) is -3.32. The van der Waals surface area contributed by atoms with Crippen LogP contribution in [0.1, 0.15) is 6.92 Å². The van der Waals surface area contributed by atoms with Crippen LogP contribution in [0.2, 0.25) is 0 Å². The van der Waals surface area contributed by atoms with Crippen molar-refractivity contribution in [2.45, 2.75) is 6.92 Å². The van der Waals surface area contributed by atoms with Gasteiger partial charge in [0, 0.05) is 18.3 Å². The maximum atomic E-state index is 11.5. The summed E-state index contributed by atoms with van der Waals surface area (Å²) in [4.78, 5) is 0. The van der Waals surface area contributed by atoms with Gasteiger partial charge in [-0.3, -0.25) is 0 Å². The summed E-state index contributed by atoms with van der Waals surface area (Å²) in [5.74, 6) is 0.458. The van der Waals surface area contributed by atoms with E-state index in [1.165, 1.54) is 0 Å². The lowest BCUT2D eigenvalue weighted by molar-refractivity contribution is 0.340. The van der Waals surface area contributed by atoms with E-state index >= 15 is 0 Å². The third-order valence-electron chi connectivity index (χ3n) is 2.07. The summed E-state index contributed by atoms with van der Waals surface area (Å²) in [6, 6.07) is 6.86. The first-order valence-corrected chi connectivity index (χ1v) is 7.14. The first kappa shape index (κ1) is 14.5. The van der Waals surface area contributed by atoms with E-state index in [1.54, 1.807) is 31.2 Å². The zero-order chi connectivity index (χ0) is 13.6. The van der Waals surface area contributed by atoms with E-state index in [1.807, 2.05) is 0 Å². The second kappa shape index (κ2) is 6.42. The number of hydrogen-bond donors (Lipinski definition) is 2. The summed E-state index contributed by atoms with van der Waals surface area (Å²) < 4.78 is 30.8. The van der Waals surface area contributed by atoms with Gasteiger partial charge in [-0.2, -0.15) is 0 Å². The largest absolute Gasteiger partial charge is 0.492 e. The maximum absolute atomic E-state index is 11.5. The normalized spacial score (nSPS) is 11.2. The Morgan fingerprint density at radius 1 is 1.50 bits per heavy atom. The van der Waals surface area contributed by atoms with Crippen LogP contribution in [-0.2, 0) is 10.0 Å². The summed E-state index contributed by atoms with van der Waals surface area (Å²) in [6.07, 6.45) is 0. The molecule has 1 aromatic rings. The van der Waals surface area contributed by atoms with Crippen molar-refractivity contribution in [2.24, 2.45) is 0 Å². The molecule has 0 saturated heterocycles. The second-order valence-electron chi connectivity index (χ2n) is 4.02. The fourth-order valence-electron chi connectivity index (χ4n) is 1.18. The number of ether oxygens (including phenoxy) is 1. The van der Waals surface area contributed by atoms with Gasteiger partial charge in [-0.25, -0.2) is 13.1 Å². The van der Waals surface area contributed by atoms with Crippen LogP contribution in [0, 0.1) is 0 Å². The minimum atomic E-state index is -3.32. The Morgan fingerprint density at radius 3 is 2.83 bits per heavy atom. The van der Waals surface area contributed by atoms with E-state index in [0.717, 1.165) is 5.57 Å². The number of hydrogen-bond acceptors (Lipinski definition) is 4. The molecule has 0 atom stereocenters. The van der Waals surface area contributed by atoms with Crippen LogP contribution in [0.15, 0.2) is 36.4 Å². The fraction of sp³-hybridized carbons (Fsp3) is 0.333. The SMILES string of the molecule is C=C(C)CNS(=O)(=O)CCOc1cccc(N)c1. The molecule has 1 aromatic carbocycles. The molecule has 0 radical (unpaired) electrons. The van der Waals surface area contributed by atoms with Crippen LogP contribution < -0.4 is 15.2 Å². The molecule has 3 N–H and O–H groups in total. The Balaban J connectivity index is 2.39. The predicted octanol–water partition coefficient (Wildman–Crippen LogP) is 1.14. The topological polar surface area (TPSA) is 81.4 Å². The van der Waals surface area contributed by atoms with E-state index < -0.39 is 10.0 Å². The van der Waals surface area contributed by atoms with Gasteiger partial charge in [0.25, 0.3) is 0 Å². The minimum Gasteiger partial charge on any atom is -0.492 e. The van der Waals surface area contributed by atoms with Gasteiger partial charge in [-0.15, -0.1) is 0 Å². The predicted molar refractivity (Wildman–Crippen MR) is 73.0 cm³/mol. The van der Waals surface area contributed by atoms with E-state index in [4.69, 9.17) is 10.5 Å². The van der Waals surface area contributed by atoms with Crippen molar-refractivity contribution in [1.82, 2.24) is 4.72 Å². The lowest BCUT2D eigenvalue weighted by atomic mass is 10.3. The van der Waals surface area contributed by atoms with Crippen molar-refractivity contribution in [1.29, 1.82) is 0 Å². The molecule has 0 aliphatic heterocycles. The molecule has 0 spiro atoms. The number of benzene rings is 1. The summed E-state index contributed by atoms with van der Waals surface area (Å²) >= 11 is 0. The number of nitrogens with two attached hydrogens (primary N) is 1. The summed E-state index contributed by atoms with van der Waals surface area (Å²) in [5, 5.41) is 0. The maximum Gasteiger partial charge on any atom is 0.215 e. The highest BCUT2D eigenvalue weighted by molar-refractivity contribution is 7.89. The van der Waals surface area contributed by atoms with Crippen molar-refractivity contribution < 1.29 is 13.2 Å². The van der Waals surface area contributed by atoms with Crippen molar-refractivity contribution in [3.05, 3.63) is 36.4 Å². The minimum absolute atomic E-state index is 0.0784. The monoisotopic (exact) mass is 270 g/mol. The molecular formula is C12H18N2O3S. The van der Waals surface area contributed by atoms with Gasteiger partial charge in [-0.1, -0.05) is 18.2 Å². The average molecular weight is 270 g/mol. The standard InChI is InChI=1S/C12H18N2O3S/c1-10(2)9-14-18(15,16)7-6-17-12-5-3-4-11(13)8-12/h3-5,8,14H,1,6-7,9,13H2,2H3. The molecule has 0 aliphatic carbocycles. The zero-order valence-electron chi connectivity index (χ0n) is 10.3. The lowest BCUT2D eigenvalue weighted by Crippen LogP contribution is -2.30. The Bertz CT molecular complexity index is 512. The van der Waals surface area contributed by atoms with Gasteiger partial charge < -0.3 is 10.5 Å². The number of sulfonamides is 1. The highest BCUT2D eigenvalue weighted by atomic mass is 32.2. The molecule has 0 bridgehead atoms. The second-order valence-corrected chi connectivity index (χ2v) is 5.94. The van der Waals surface area contributed by atoms with Crippen LogP contribution in [0.3, 0.4) is 0 Å². The molecule has 100 valence electrons. The number of anilines is 1.